The Morgan fingerprint density at radius 1 is 1.40 bits per heavy atom. The molecule has 0 aliphatic heterocycles. The lowest BCUT2D eigenvalue weighted by molar-refractivity contribution is -0.142. The molecule has 1 unspecified atom stereocenters. The number of aliphatic carboxylic acids is 1. The molecule has 3 heteroatoms. The average molecular weight is 208 g/mol. The number of rotatable bonds is 4. The van der Waals surface area contributed by atoms with Crippen LogP contribution in [-0.4, -0.2) is 11.1 Å². The molecule has 1 aliphatic carbocycles. The number of halogens is 1. The van der Waals surface area contributed by atoms with E-state index < -0.39 is 5.97 Å². The second kappa shape index (κ2) is 4.01. The molecule has 0 radical (unpaired) electrons. The molecule has 0 spiro atoms. The van der Waals surface area contributed by atoms with Crippen LogP contribution in [-0.2, 0) is 11.2 Å². The minimum atomic E-state index is -0.734. The molecule has 1 aromatic rings. The summed E-state index contributed by atoms with van der Waals surface area (Å²) in [6, 6.07) is 6.07. The van der Waals surface area contributed by atoms with Gasteiger partial charge >= 0.3 is 5.97 Å². The van der Waals surface area contributed by atoms with Gasteiger partial charge in [-0.15, -0.1) is 0 Å². The molecule has 15 heavy (non-hydrogen) atoms. The summed E-state index contributed by atoms with van der Waals surface area (Å²) in [5.41, 5.74) is 0.899. The van der Waals surface area contributed by atoms with Gasteiger partial charge in [-0.25, -0.2) is 4.39 Å². The summed E-state index contributed by atoms with van der Waals surface area (Å²) < 4.78 is 12.6. The second-order valence-electron chi connectivity index (χ2n) is 4.11. The molecule has 1 aliphatic rings. The van der Waals surface area contributed by atoms with Crippen molar-refractivity contribution in [3.8, 4) is 0 Å². The fourth-order valence-electron chi connectivity index (χ4n) is 1.83. The summed E-state index contributed by atoms with van der Waals surface area (Å²) in [6.07, 6.45) is 2.54. The molecule has 80 valence electrons. The average Bonchev–Trinajstić information content (AvgIpc) is 3.00. The lowest BCUT2D eigenvalue weighted by Gasteiger charge is -2.10. The maximum absolute atomic E-state index is 12.6. The summed E-state index contributed by atoms with van der Waals surface area (Å²) >= 11 is 0. The molecule has 1 aromatic carbocycles. The van der Waals surface area contributed by atoms with Crippen LogP contribution < -0.4 is 0 Å². The van der Waals surface area contributed by atoms with Crippen LogP contribution in [0.25, 0.3) is 0 Å². The van der Waals surface area contributed by atoms with Crippen molar-refractivity contribution in [1.29, 1.82) is 0 Å². The molecule has 0 heterocycles. The van der Waals surface area contributed by atoms with Gasteiger partial charge in [0, 0.05) is 0 Å². The van der Waals surface area contributed by atoms with Gasteiger partial charge in [-0.05, 0) is 42.9 Å². The monoisotopic (exact) mass is 208 g/mol. The van der Waals surface area contributed by atoms with E-state index in [1.165, 1.54) is 12.1 Å². The van der Waals surface area contributed by atoms with Crippen molar-refractivity contribution in [2.24, 2.45) is 11.8 Å². The Morgan fingerprint density at radius 2 is 2.00 bits per heavy atom. The Kier molecular flexibility index (Phi) is 2.71. The van der Waals surface area contributed by atoms with Gasteiger partial charge in [0.2, 0.25) is 0 Å². The van der Waals surface area contributed by atoms with Gasteiger partial charge in [-0.1, -0.05) is 12.1 Å². The van der Waals surface area contributed by atoms with E-state index >= 15 is 0 Å². The van der Waals surface area contributed by atoms with Crippen molar-refractivity contribution in [2.45, 2.75) is 19.3 Å². The molecule has 0 amide bonds. The molecular formula is C12H13FO2. The minimum absolute atomic E-state index is 0.281. The highest BCUT2D eigenvalue weighted by Crippen LogP contribution is 2.38. The number of carbonyl (C=O) groups is 1. The normalized spacial score (nSPS) is 17.4. The highest BCUT2D eigenvalue weighted by atomic mass is 19.1. The third-order valence-electron chi connectivity index (χ3n) is 2.88. The first-order valence-corrected chi connectivity index (χ1v) is 5.14. The Hall–Kier alpha value is -1.38. The van der Waals surface area contributed by atoms with Crippen LogP contribution >= 0.6 is 0 Å². The van der Waals surface area contributed by atoms with Gasteiger partial charge in [0.05, 0.1) is 5.92 Å². The van der Waals surface area contributed by atoms with Crippen LogP contribution in [0.1, 0.15) is 18.4 Å². The lowest BCUT2D eigenvalue weighted by atomic mass is 9.95. The van der Waals surface area contributed by atoms with Gasteiger partial charge in [-0.3, -0.25) is 4.79 Å². The van der Waals surface area contributed by atoms with E-state index in [2.05, 4.69) is 0 Å². The van der Waals surface area contributed by atoms with Crippen LogP contribution in [0.4, 0.5) is 4.39 Å². The van der Waals surface area contributed by atoms with Gasteiger partial charge in [0.25, 0.3) is 0 Å². The summed E-state index contributed by atoms with van der Waals surface area (Å²) in [7, 11) is 0. The zero-order valence-electron chi connectivity index (χ0n) is 8.32. The zero-order chi connectivity index (χ0) is 10.8. The van der Waals surface area contributed by atoms with E-state index in [4.69, 9.17) is 5.11 Å². The standard InChI is InChI=1S/C12H13FO2/c13-10-5-1-8(2-6-10)7-11(12(14)15)9-3-4-9/h1-2,5-6,9,11H,3-4,7H2,(H,14,15). The van der Waals surface area contributed by atoms with E-state index in [0.717, 1.165) is 18.4 Å². The van der Waals surface area contributed by atoms with Crippen LogP contribution in [0, 0.1) is 17.7 Å². The summed E-state index contributed by atoms with van der Waals surface area (Å²) in [5.74, 6) is -0.984. The van der Waals surface area contributed by atoms with Crippen LogP contribution in [0.5, 0.6) is 0 Å². The van der Waals surface area contributed by atoms with Crippen molar-refractivity contribution in [1.82, 2.24) is 0 Å². The molecule has 2 nitrogen and oxygen atoms in total. The number of benzene rings is 1. The van der Waals surface area contributed by atoms with Crippen molar-refractivity contribution >= 4 is 5.97 Å². The molecule has 0 aromatic heterocycles. The molecule has 2 rings (SSSR count). The lowest BCUT2D eigenvalue weighted by Crippen LogP contribution is -2.18. The third-order valence-corrected chi connectivity index (χ3v) is 2.88. The fourth-order valence-corrected chi connectivity index (χ4v) is 1.83. The number of carboxylic acid groups (broad SMARTS) is 1. The van der Waals surface area contributed by atoms with E-state index in [9.17, 15) is 9.18 Å². The summed E-state index contributed by atoms with van der Waals surface area (Å²) in [5, 5.41) is 9.03. The Bertz CT molecular complexity index is 354. The van der Waals surface area contributed by atoms with Crippen molar-refractivity contribution < 1.29 is 14.3 Å². The van der Waals surface area contributed by atoms with Crippen molar-refractivity contribution in [3.05, 3.63) is 35.6 Å². The second-order valence-corrected chi connectivity index (χ2v) is 4.11. The smallest absolute Gasteiger partial charge is 0.307 e. The van der Waals surface area contributed by atoms with Crippen LogP contribution in [0.15, 0.2) is 24.3 Å². The van der Waals surface area contributed by atoms with E-state index in [-0.39, 0.29) is 11.7 Å². The first kappa shape index (κ1) is 10.1. The molecule has 1 saturated carbocycles. The van der Waals surface area contributed by atoms with E-state index in [1.54, 1.807) is 12.1 Å². The highest BCUT2D eigenvalue weighted by Gasteiger charge is 2.35. The zero-order valence-corrected chi connectivity index (χ0v) is 8.32. The largest absolute Gasteiger partial charge is 0.481 e. The Labute approximate surface area is 87.7 Å². The van der Waals surface area contributed by atoms with Crippen LogP contribution in [0.2, 0.25) is 0 Å². The van der Waals surface area contributed by atoms with Crippen LogP contribution in [0.3, 0.4) is 0 Å². The third kappa shape index (κ3) is 2.55. The van der Waals surface area contributed by atoms with Crippen molar-refractivity contribution in [2.75, 3.05) is 0 Å². The molecule has 1 fully saturated rings. The predicted molar refractivity (Wildman–Crippen MR) is 54.0 cm³/mol. The molecule has 0 bridgehead atoms. The fraction of sp³-hybridized carbons (Fsp3) is 0.417. The van der Waals surface area contributed by atoms with Gasteiger partial charge in [-0.2, -0.15) is 0 Å². The maximum Gasteiger partial charge on any atom is 0.307 e. The quantitative estimate of drug-likeness (QED) is 0.825. The van der Waals surface area contributed by atoms with E-state index in [1.807, 2.05) is 0 Å². The van der Waals surface area contributed by atoms with Gasteiger partial charge < -0.3 is 5.11 Å². The van der Waals surface area contributed by atoms with E-state index in [0.29, 0.717) is 12.3 Å². The molecule has 1 N–H and O–H groups in total. The summed E-state index contributed by atoms with van der Waals surface area (Å²) in [6.45, 7) is 0. The first-order valence-electron chi connectivity index (χ1n) is 5.14. The van der Waals surface area contributed by atoms with Gasteiger partial charge in [0.1, 0.15) is 5.82 Å². The number of carboxylic acids is 1. The predicted octanol–water partition coefficient (Wildman–Crippen LogP) is 2.48. The Balaban J connectivity index is 2.05. The van der Waals surface area contributed by atoms with Gasteiger partial charge in [0.15, 0.2) is 0 Å². The minimum Gasteiger partial charge on any atom is -0.481 e. The molecule has 1 atom stereocenters. The molecule has 0 saturated heterocycles. The number of hydrogen-bond donors (Lipinski definition) is 1. The Morgan fingerprint density at radius 3 is 2.47 bits per heavy atom. The highest BCUT2D eigenvalue weighted by molar-refractivity contribution is 5.71. The number of hydrogen-bond acceptors (Lipinski definition) is 1. The first-order chi connectivity index (χ1) is 7.16. The molecular weight excluding hydrogens is 195 g/mol. The SMILES string of the molecule is O=C(O)C(Cc1ccc(F)cc1)C1CC1. The maximum atomic E-state index is 12.6. The topological polar surface area (TPSA) is 37.3 Å². The van der Waals surface area contributed by atoms with Crippen molar-refractivity contribution in [3.63, 3.8) is 0 Å². The summed E-state index contributed by atoms with van der Waals surface area (Å²) in [4.78, 5) is 11.0.